The molecule has 4 nitrogen and oxygen atoms in total. The van der Waals surface area contributed by atoms with Gasteiger partial charge in [-0.05, 0) is 12.1 Å². The van der Waals surface area contributed by atoms with E-state index >= 15 is 0 Å². The van der Waals surface area contributed by atoms with Gasteiger partial charge in [-0.2, -0.15) is 0 Å². The minimum atomic E-state index is -1.23. The predicted molar refractivity (Wildman–Crippen MR) is 47.5 cm³/mol. The van der Waals surface area contributed by atoms with E-state index in [-0.39, 0.29) is 69.3 Å². The molecule has 0 saturated carbocycles. The first kappa shape index (κ1) is 13.0. The van der Waals surface area contributed by atoms with Gasteiger partial charge in [-0.3, -0.25) is 0 Å². The van der Waals surface area contributed by atoms with Crippen LogP contribution in [0.3, 0.4) is 0 Å². The Morgan fingerprint density at radius 1 is 0.923 bits per heavy atom. The number of carbonyl (C=O) groups is 2. The Bertz CT molecular complexity index is 302. The van der Waals surface area contributed by atoms with Crippen molar-refractivity contribution in [2.24, 2.45) is 0 Å². The van der Waals surface area contributed by atoms with Crippen molar-refractivity contribution < 1.29 is 19.8 Å². The molecule has 5 heteroatoms. The summed E-state index contributed by atoms with van der Waals surface area (Å²) in [5.41, 5.74) is -0.380. The molecule has 0 bridgehead atoms. The molecule has 2 N–H and O–H groups in total. The molecule has 0 aromatic heterocycles. The zero-order valence-electron chi connectivity index (χ0n) is 6.02. The summed E-state index contributed by atoms with van der Waals surface area (Å²) in [4.78, 5) is 20.9. The first-order valence-electron chi connectivity index (χ1n) is 3.18. The zero-order chi connectivity index (χ0) is 9.14. The molecule has 0 aliphatic heterocycles. The van der Waals surface area contributed by atoms with Gasteiger partial charge in [-0.15, -0.1) is 0 Å². The zero-order valence-corrected chi connectivity index (χ0v) is 6.02. The number of hydrogen-bond acceptors (Lipinski definition) is 2. The molecule has 0 spiro atoms. The summed E-state index contributed by atoms with van der Waals surface area (Å²) in [5.74, 6) is -2.46. The van der Waals surface area contributed by atoms with Crippen LogP contribution in [0.5, 0.6) is 0 Å². The van der Waals surface area contributed by atoms with Crippen molar-refractivity contribution in [1.82, 2.24) is 0 Å². The number of hydrogen-bond donors (Lipinski definition) is 2. The Balaban J connectivity index is 0.00000144. The van der Waals surface area contributed by atoms with Crippen LogP contribution in [0.15, 0.2) is 24.3 Å². The summed E-state index contributed by atoms with van der Waals surface area (Å²) in [7, 11) is 0. The standard InChI is InChI=1S/C8H6O4.Rb.H/c9-7(10)5-3-1-2-4-6(5)8(11)12;;/h1-4H,(H,9,10)(H,11,12);;. The van der Waals surface area contributed by atoms with Gasteiger partial charge in [0.15, 0.2) is 0 Å². The molecule has 1 aromatic carbocycles. The third-order valence-corrected chi connectivity index (χ3v) is 1.39. The topological polar surface area (TPSA) is 74.6 Å². The average molecular weight is 253 g/mol. The summed E-state index contributed by atoms with van der Waals surface area (Å²) in [6.07, 6.45) is 0. The second-order valence-electron chi connectivity index (χ2n) is 2.16. The van der Waals surface area contributed by atoms with E-state index in [0.29, 0.717) is 0 Å². The summed E-state index contributed by atoms with van der Waals surface area (Å²) < 4.78 is 0. The predicted octanol–water partition coefficient (Wildman–Crippen LogP) is 0.434. The van der Waals surface area contributed by atoms with Crippen LogP contribution in [0.4, 0.5) is 0 Å². The number of aromatic carboxylic acids is 2. The summed E-state index contributed by atoms with van der Waals surface area (Å²) in [6.45, 7) is 0. The molecule has 0 saturated heterocycles. The molecule has 0 fully saturated rings. The van der Waals surface area contributed by atoms with Gasteiger partial charge in [0.2, 0.25) is 0 Å². The van der Waals surface area contributed by atoms with Crippen molar-refractivity contribution in [2.45, 2.75) is 0 Å². The first-order valence-corrected chi connectivity index (χ1v) is 3.18. The van der Waals surface area contributed by atoms with Gasteiger partial charge >= 0.3 is 70.1 Å². The van der Waals surface area contributed by atoms with E-state index < -0.39 is 11.9 Å². The van der Waals surface area contributed by atoms with E-state index in [9.17, 15) is 9.59 Å². The van der Waals surface area contributed by atoms with Crippen LogP contribution in [0.25, 0.3) is 0 Å². The van der Waals surface area contributed by atoms with Gasteiger partial charge in [0.1, 0.15) is 0 Å². The van der Waals surface area contributed by atoms with Gasteiger partial charge in [0.25, 0.3) is 0 Å². The fraction of sp³-hybridized carbons (Fsp3) is 0. The molecule has 1 rings (SSSR count). The fourth-order valence-electron chi connectivity index (χ4n) is 0.856. The SMILES string of the molecule is O=C(O)c1ccccc1C(=O)O.[RbH]. The van der Waals surface area contributed by atoms with Crippen LogP contribution < -0.4 is 0 Å². The molecule has 0 unspecified atom stereocenters. The van der Waals surface area contributed by atoms with Crippen LogP contribution in [0.2, 0.25) is 0 Å². The molecule has 0 amide bonds. The van der Waals surface area contributed by atoms with Gasteiger partial charge in [0.05, 0.1) is 11.1 Å². The number of carboxylic acids is 2. The van der Waals surface area contributed by atoms with Crippen molar-refractivity contribution in [3.63, 3.8) is 0 Å². The third kappa shape index (κ3) is 3.30. The number of rotatable bonds is 2. The quantitative estimate of drug-likeness (QED) is 0.801. The molecular weight excluding hydrogens is 246 g/mol. The van der Waals surface area contributed by atoms with Gasteiger partial charge < -0.3 is 10.2 Å². The van der Waals surface area contributed by atoms with E-state index in [1.165, 1.54) is 24.3 Å². The van der Waals surface area contributed by atoms with Crippen LogP contribution >= 0.6 is 0 Å². The number of benzene rings is 1. The maximum absolute atomic E-state index is 10.5. The molecule has 0 heterocycles. The minimum absolute atomic E-state index is 0. The molecule has 0 aliphatic rings. The van der Waals surface area contributed by atoms with E-state index in [1.807, 2.05) is 0 Å². The molecule has 0 atom stereocenters. The molecule has 0 aliphatic carbocycles. The molecule has 0 radical (unpaired) electrons. The van der Waals surface area contributed by atoms with Crippen LogP contribution in [0, 0.1) is 0 Å². The second kappa shape index (κ2) is 5.64. The Labute approximate surface area is 123 Å². The van der Waals surface area contributed by atoms with Crippen LogP contribution in [-0.4, -0.2) is 80.3 Å². The normalized spacial score (nSPS) is 8.62. The summed E-state index contributed by atoms with van der Waals surface area (Å²) in [5, 5.41) is 17.1. The Hall–Kier alpha value is -0.0348. The van der Waals surface area contributed by atoms with E-state index in [2.05, 4.69) is 0 Å². The molecular formula is C8H7O4Rb. The number of carboxylic acid groups (broad SMARTS) is 2. The van der Waals surface area contributed by atoms with Gasteiger partial charge in [-0.25, -0.2) is 9.59 Å². The molecule has 13 heavy (non-hydrogen) atoms. The van der Waals surface area contributed by atoms with E-state index in [1.54, 1.807) is 0 Å². The monoisotopic (exact) mass is 252 g/mol. The molecule has 64 valence electrons. The fourth-order valence-corrected chi connectivity index (χ4v) is 0.856. The average Bonchev–Trinajstić information content (AvgIpc) is 2.04. The van der Waals surface area contributed by atoms with Crippen LogP contribution in [-0.2, 0) is 0 Å². The van der Waals surface area contributed by atoms with E-state index in [4.69, 9.17) is 10.2 Å². The summed E-state index contributed by atoms with van der Waals surface area (Å²) in [6, 6.07) is 5.48. The molecule has 1 aromatic rings. The van der Waals surface area contributed by atoms with Crippen molar-refractivity contribution in [3.8, 4) is 0 Å². The van der Waals surface area contributed by atoms with Gasteiger partial charge in [-0.1, -0.05) is 12.1 Å². The maximum atomic E-state index is 10.5. The Kier molecular flexibility index (Phi) is 5.63. The van der Waals surface area contributed by atoms with Crippen molar-refractivity contribution in [2.75, 3.05) is 0 Å². The van der Waals surface area contributed by atoms with E-state index in [0.717, 1.165) is 0 Å². The second-order valence-corrected chi connectivity index (χ2v) is 2.16. The van der Waals surface area contributed by atoms with Crippen molar-refractivity contribution in [1.29, 1.82) is 0 Å². The Morgan fingerprint density at radius 2 is 1.23 bits per heavy atom. The Morgan fingerprint density at radius 3 is 1.46 bits per heavy atom. The van der Waals surface area contributed by atoms with Gasteiger partial charge in [0, 0.05) is 0 Å². The first-order chi connectivity index (χ1) is 5.63. The van der Waals surface area contributed by atoms with Crippen molar-refractivity contribution >= 4 is 70.1 Å². The third-order valence-electron chi connectivity index (χ3n) is 1.39. The summed E-state index contributed by atoms with van der Waals surface area (Å²) >= 11 is 0. The van der Waals surface area contributed by atoms with Crippen molar-refractivity contribution in [3.05, 3.63) is 35.4 Å². The van der Waals surface area contributed by atoms with Crippen LogP contribution in [0.1, 0.15) is 20.7 Å².